The lowest BCUT2D eigenvalue weighted by atomic mass is 9.91. The van der Waals surface area contributed by atoms with Gasteiger partial charge in [0.05, 0.1) is 31.4 Å². The monoisotopic (exact) mass is 248 g/mol. The van der Waals surface area contributed by atoms with Gasteiger partial charge < -0.3 is 14.8 Å². The maximum atomic E-state index is 8.95. The predicted octanol–water partition coefficient (Wildman–Crippen LogP) is 3.06. The quantitative estimate of drug-likeness (QED) is 0.840. The van der Waals surface area contributed by atoms with Crippen LogP contribution < -0.4 is 14.8 Å². The summed E-state index contributed by atoms with van der Waals surface area (Å²) in [6.07, 6.45) is 0.768. The van der Waals surface area contributed by atoms with Gasteiger partial charge in [0.15, 0.2) is 0 Å². The molecule has 1 aromatic carbocycles. The topological polar surface area (TPSA) is 54.3 Å². The first-order valence-electron chi connectivity index (χ1n) is 5.89. The maximum absolute atomic E-state index is 8.95. The molecule has 1 rings (SSSR count). The number of nitrogens with zero attached hydrogens (tertiary/aromatic N) is 1. The Balaban J connectivity index is 2.69. The zero-order valence-corrected chi connectivity index (χ0v) is 11.4. The van der Waals surface area contributed by atoms with Crippen LogP contribution in [0.4, 0.5) is 5.69 Å². The minimum Gasteiger partial charge on any atom is -0.497 e. The van der Waals surface area contributed by atoms with Gasteiger partial charge in [0, 0.05) is 12.6 Å². The Kier molecular flexibility index (Phi) is 4.85. The summed E-state index contributed by atoms with van der Waals surface area (Å²) in [6.45, 7) is 4.57. The summed E-state index contributed by atoms with van der Waals surface area (Å²) in [5, 5.41) is 12.2. The average molecular weight is 248 g/mol. The van der Waals surface area contributed by atoms with Crippen molar-refractivity contribution in [3.05, 3.63) is 18.2 Å². The second-order valence-electron chi connectivity index (χ2n) is 4.74. The van der Waals surface area contributed by atoms with Crippen LogP contribution in [0.5, 0.6) is 11.5 Å². The summed E-state index contributed by atoms with van der Waals surface area (Å²) >= 11 is 0. The second-order valence-corrected chi connectivity index (χ2v) is 4.74. The van der Waals surface area contributed by atoms with Crippen LogP contribution in [0.3, 0.4) is 0 Å². The zero-order chi connectivity index (χ0) is 13.6. The summed E-state index contributed by atoms with van der Waals surface area (Å²) in [6, 6.07) is 7.88. The SMILES string of the molecule is COc1ccc(OC)c(NCCC(C)(C)C#N)c1. The zero-order valence-electron chi connectivity index (χ0n) is 11.4. The highest BCUT2D eigenvalue weighted by Gasteiger charge is 2.16. The largest absolute Gasteiger partial charge is 0.497 e. The number of ether oxygens (including phenoxy) is 2. The molecule has 0 bridgehead atoms. The van der Waals surface area contributed by atoms with E-state index in [0.29, 0.717) is 6.54 Å². The molecule has 0 fully saturated rings. The highest BCUT2D eigenvalue weighted by molar-refractivity contribution is 5.59. The van der Waals surface area contributed by atoms with Crippen molar-refractivity contribution in [2.45, 2.75) is 20.3 Å². The van der Waals surface area contributed by atoms with Crippen LogP contribution in [0.1, 0.15) is 20.3 Å². The van der Waals surface area contributed by atoms with E-state index >= 15 is 0 Å². The summed E-state index contributed by atoms with van der Waals surface area (Å²) in [7, 11) is 3.26. The molecule has 4 heteroatoms. The Morgan fingerprint density at radius 1 is 1.28 bits per heavy atom. The lowest BCUT2D eigenvalue weighted by Crippen LogP contribution is -2.15. The molecule has 0 aliphatic heterocycles. The molecular weight excluding hydrogens is 228 g/mol. The van der Waals surface area contributed by atoms with Crippen LogP contribution in [0.25, 0.3) is 0 Å². The van der Waals surface area contributed by atoms with Crippen molar-refractivity contribution in [1.29, 1.82) is 5.26 Å². The Labute approximate surface area is 109 Å². The Hall–Kier alpha value is -1.89. The molecule has 4 nitrogen and oxygen atoms in total. The van der Waals surface area contributed by atoms with Crippen LogP contribution >= 0.6 is 0 Å². The van der Waals surface area contributed by atoms with Gasteiger partial charge in [-0.3, -0.25) is 0 Å². The lowest BCUT2D eigenvalue weighted by molar-refractivity contribution is 0.404. The van der Waals surface area contributed by atoms with Crippen molar-refractivity contribution in [2.24, 2.45) is 5.41 Å². The molecule has 0 aliphatic rings. The number of rotatable bonds is 6. The molecule has 0 aromatic heterocycles. The molecule has 0 amide bonds. The summed E-state index contributed by atoms with van der Waals surface area (Å²) in [5.74, 6) is 1.54. The molecule has 0 radical (unpaired) electrons. The first kappa shape index (κ1) is 14.2. The fraction of sp³-hybridized carbons (Fsp3) is 0.500. The fourth-order valence-electron chi connectivity index (χ4n) is 1.52. The van der Waals surface area contributed by atoms with E-state index in [9.17, 15) is 0 Å². The molecule has 0 unspecified atom stereocenters. The van der Waals surface area contributed by atoms with E-state index in [1.165, 1.54) is 0 Å². The second kappa shape index (κ2) is 6.15. The van der Waals surface area contributed by atoms with Gasteiger partial charge in [-0.2, -0.15) is 5.26 Å². The number of anilines is 1. The number of benzene rings is 1. The van der Waals surface area contributed by atoms with Crippen molar-refractivity contribution in [1.82, 2.24) is 0 Å². The summed E-state index contributed by atoms with van der Waals surface area (Å²) < 4.78 is 10.4. The van der Waals surface area contributed by atoms with Gasteiger partial charge in [-0.25, -0.2) is 0 Å². The molecule has 0 spiro atoms. The van der Waals surface area contributed by atoms with Crippen molar-refractivity contribution < 1.29 is 9.47 Å². The highest BCUT2D eigenvalue weighted by Crippen LogP contribution is 2.29. The molecular formula is C14H20N2O2. The number of nitrogens with one attached hydrogen (secondary N) is 1. The minimum atomic E-state index is -0.320. The molecule has 1 aromatic rings. The molecule has 0 saturated heterocycles. The Bertz CT molecular complexity index is 436. The fourth-order valence-corrected chi connectivity index (χ4v) is 1.52. The van der Waals surface area contributed by atoms with Gasteiger partial charge in [0.25, 0.3) is 0 Å². The molecule has 0 heterocycles. The van der Waals surface area contributed by atoms with E-state index in [1.54, 1.807) is 14.2 Å². The summed E-state index contributed by atoms with van der Waals surface area (Å²) in [4.78, 5) is 0. The third-order valence-electron chi connectivity index (χ3n) is 2.77. The van der Waals surface area contributed by atoms with Gasteiger partial charge in [0.1, 0.15) is 11.5 Å². The normalized spacial score (nSPS) is 10.6. The van der Waals surface area contributed by atoms with Crippen LogP contribution in [-0.2, 0) is 0 Å². The van der Waals surface area contributed by atoms with E-state index in [-0.39, 0.29) is 5.41 Å². The van der Waals surface area contributed by atoms with E-state index < -0.39 is 0 Å². The van der Waals surface area contributed by atoms with Gasteiger partial charge >= 0.3 is 0 Å². The first-order valence-corrected chi connectivity index (χ1v) is 5.89. The molecule has 0 saturated carbocycles. The number of hydrogen-bond donors (Lipinski definition) is 1. The van der Waals surface area contributed by atoms with Crippen LogP contribution in [0.15, 0.2) is 18.2 Å². The maximum Gasteiger partial charge on any atom is 0.142 e. The van der Waals surface area contributed by atoms with E-state index in [4.69, 9.17) is 14.7 Å². The van der Waals surface area contributed by atoms with Gasteiger partial charge in [-0.1, -0.05) is 0 Å². The van der Waals surface area contributed by atoms with Crippen LogP contribution in [0.2, 0.25) is 0 Å². The highest BCUT2D eigenvalue weighted by atomic mass is 16.5. The van der Waals surface area contributed by atoms with E-state index in [0.717, 1.165) is 23.6 Å². The first-order chi connectivity index (χ1) is 8.52. The molecule has 0 atom stereocenters. The molecule has 1 N–H and O–H groups in total. The standard InChI is InChI=1S/C14H20N2O2/c1-14(2,10-15)7-8-16-12-9-11(17-3)5-6-13(12)18-4/h5-6,9,16H,7-8H2,1-4H3. The van der Waals surface area contributed by atoms with Crippen molar-refractivity contribution in [2.75, 3.05) is 26.1 Å². The Morgan fingerprint density at radius 2 is 2.00 bits per heavy atom. The van der Waals surface area contributed by atoms with E-state index in [1.807, 2.05) is 32.0 Å². The third-order valence-corrected chi connectivity index (χ3v) is 2.77. The van der Waals surface area contributed by atoms with Crippen molar-refractivity contribution in [3.63, 3.8) is 0 Å². The molecule has 98 valence electrons. The number of hydrogen-bond acceptors (Lipinski definition) is 4. The average Bonchev–Trinajstić information content (AvgIpc) is 2.38. The predicted molar refractivity (Wildman–Crippen MR) is 72.0 cm³/mol. The number of nitriles is 1. The van der Waals surface area contributed by atoms with Gasteiger partial charge in [-0.15, -0.1) is 0 Å². The van der Waals surface area contributed by atoms with Gasteiger partial charge in [-0.05, 0) is 32.4 Å². The smallest absolute Gasteiger partial charge is 0.142 e. The van der Waals surface area contributed by atoms with E-state index in [2.05, 4.69) is 11.4 Å². The third kappa shape index (κ3) is 3.85. The van der Waals surface area contributed by atoms with Crippen molar-refractivity contribution >= 4 is 5.69 Å². The molecule has 0 aliphatic carbocycles. The summed E-state index contributed by atoms with van der Waals surface area (Å²) in [5.41, 5.74) is 0.560. The lowest BCUT2D eigenvalue weighted by Gasteiger charge is -2.17. The Morgan fingerprint density at radius 3 is 2.56 bits per heavy atom. The van der Waals surface area contributed by atoms with Crippen molar-refractivity contribution in [3.8, 4) is 17.6 Å². The van der Waals surface area contributed by atoms with Crippen LogP contribution in [0, 0.1) is 16.7 Å². The van der Waals surface area contributed by atoms with Gasteiger partial charge in [0.2, 0.25) is 0 Å². The number of methoxy groups -OCH3 is 2. The molecule has 18 heavy (non-hydrogen) atoms. The van der Waals surface area contributed by atoms with Crippen LogP contribution in [-0.4, -0.2) is 20.8 Å². The minimum absolute atomic E-state index is 0.320.